The van der Waals surface area contributed by atoms with Crippen LogP contribution in [0.3, 0.4) is 0 Å². The number of ether oxygens (including phenoxy) is 4. The Labute approximate surface area is 619 Å². The molecule has 0 aromatic carbocycles. The highest BCUT2D eigenvalue weighted by molar-refractivity contribution is 7.47. The standard InChI is InChI=1S/C82H160O17P2/c1-7-9-11-13-15-17-19-20-21-22-23-24-25-26-27-28-31-35-42-48-54-60-66-81(86)98-78(71-93-80(85)65-59-53-47-41-34-32-29-30-33-38-44-50-56-62-74(3)4)73-97-101(90,91)95-69-76(83)68-94-100(88,89)96-72-77(70-92-79(84)64-58-52-46-40-18-16-14-12-10-8-2)99-82(87)67-61-55-49-43-37-36-39-45-51-57-63-75(5)6/h74-78,83H,7-73H2,1-6H3,(H,88,89)(H,90,91)/t76-,77+,78+/m0/s1. The molecule has 0 aromatic heterocycles. The number of rotatable bonds is 81. The third kappa shape index (κ3) is 76.1. The molecule has 600 valence electrons. The summed E-state index contributed by atoms with van der Waals surface area (Å²) < 4.78 is 68.7. The first-order valence-corrected chi connectivity index (χ1v) is 45.5. The van der Waals surface area contributed by atoms with Gasteiger partial charge in [0.2, 0.25) is 0 Å². The molecule has 0 saturated heterocycles. The molecule has 0 aromatic rings. The molecule has 101 heavy (non-hydrogen) atoms. The van der Waals surface area contributed by atoms with Gasteiger partial charge in [-0.15, -0.1) is 0 Å². The normalized spacial score (nSPS) is 13.9. The summed E-state index contributed by atoms with van der Waals surface area (Å²) in [7, 11) is -9.92. The monoisotopic (exact) mass is 1480 g/mol. The van der Waals surface area contributed by atoms with Crippen molar-refractivity contribution in [1.29, 1.82) is 0 Å². The molecule has 0 radical (unpaired) electrons. The van der Waals surface area contributed by atoms with Crippen molar-refractivity contribution in [2.75, 3.05) is 39.6 Å². The van der Waals surface area contributed by atoms with Crippen molar-refractivity contribution >= 4 is 39.5 Å². The summed E-state index contributed by atoms with van der Waals surface area (Å²) in [5.74, 6) is -0.566. The average Bonchev–Trinajstić information content (AvgIpc) is 1.01. The highest BCUT2D eigenvalue weighted by atomic mass is 31.2. The second kappa shape index (κ2) is 73.6. The molecule has 0 fully saturated rings. The molecule has 0 spiro atoms. The molecule has 0 rings (SSSR count). The molecule has 5 atom stereocenters. The third-order valence-corrected chi connectivity index (χ3v) is 21.1. The fourth-order valence-corrected chi connectivity index (χ4v) is 14.3. The molecular formula is C82H160O17P2. The van der Waals surface area contributed by atoms with E-state index in [0.29, 0.717) is 25.7 Å². The summed E-state index contributed by atoms with van der Waals surface area (Å²) in [6.07, 6.45) is 63.9. The van der Waals surface area contributed by atoms with Crippen LogP contribution in [-0.4, -0.2) is 96.7 Å². The van der Waals surface area contributed by atoms with Gasteiger partial charge in [-0.25, -0.2) is 9.13 Å². The molecule has 0 aliphatic rings. The highest BCUT2D eigenvalue weighted by Gasteiger charge is 2.30. The number of hydrogen-bond acceptors (Lipinski definition) is 15. The first-order valence-electron chi connectivity index (χ1n) is 42.5. The minimum atomic E-state index is -4.96. The smallest absolute Gasteiger partial charge is 0.462 e. The second-order valence-electron chi connectivity index (χ2n) is 30.5. The Kier molecular flexibility index (Phi) is 72.2. The number of phosphoric ester groups is 2. The van der Waals surface area contributed by atoms with E-state index in [1.54, 1.807) is 0 Å². The average molecular weight is 1480 g/mol. The number of esters is 4. The summed E-state index contributed by atoms with van der Waals surface area (Å²) in [5.41, 5.74) is 0. The Morgan fingerprint density at radius 2 is 0.455 bits per heavy atom. The van der Waals surface area contributed by atoms with Gasteiger partial charge in [0.1, 0.15) is 19.3 Å². The Morgan fingerprint density at radius 3 is 0.673 bits per heavy atom. The molecule has 0 bridgehead atoms. The maximum absolute atomic E-state index is 13.1. The van der Waals surface area contributed by atoms with Crippen LogP contribution in [0.4, 0.5) is 0 Å². The maximum Gasteiger partial charge on any atom is 0.472 e. The van der Waals surface area contributed by atoms with Crippen LogP contribution in [0.1, 0.15) is 433 Å². The Morgan fingerprint density at radius 1 is 0.267 bits per heavy atom. The van der Waals surface area contributed by atoms with Gasteiger partial charge in [0.05, 0.1) is 26.4 Å². The second-order valence-corrected chi connectivity index (χ2v) is 33.4. The Bertz CT molecular complexity index is 1940. The summed E-state index contributed by atoms with van der Waals surface area (Å²) in [5, 5.41) is 10.6. The molecular weight excluding hydrogens is 1320 g/mol. The number of aliphatic hydroxyl groups is 1. The van der Waals surface area contributed by atoms with E-state index in [0.717, 1.165) is 102 Å². The predicted molar refractivity (Wildman–Crippen MR) is 414 cm³/mol. The first-order chi connectivity index (χ1) is 48.9. The van der Waals surface area contributed by atoms with Gasteiger partial charge in [-0.05, 0) is 37.5 Å². The number of aliphatic hydroxyl groups excluding tert-OH is 1. The molecule has 0 saturated carbocycles. The van der Waals surface area contributed by atoms with Crippen molar-refractivity contribution in [2.45, 2.75) is 452 Å². The van der Waals surface area contributed by atoms with Crippen LogP contribution in [-0.2, 0) is 65.4 Å². The van der Waals surface area contributed by atoms with E-state index in [2.05, 4.69) is 41.5 Å². The highest BCUT2D eigenvalue weighted by Crippen LogP contribution is 2.45. The lowest BCUT2D eigenvalue weighted by atomic mass is 10.0. The Balaban J connectivity index is 5.21. The molecule has 0 aliphatic heterocycles. The molecule has 2 unspecified atom stereocenters. The number of phosphoric acid groups is 2. The molecule has 3 N–H and O–H groups in total. The zero-order valence-corrected chi connectivity index (χ0v) is 68.0. The predicted octanol–water partition coefficient (Wildman–Crippen LogP) is 24.7. The van der Waals surface area contributed by atoms with Gasteiger partial charge >= 0.3 is 39.5 Å². The molecule has 19 heteroatoms. The van der Waals surface area contributed by atoms with Gasteiger partial charge in [0.15, 0.2) is 12.2 Å². The van der Waals surface area contributed by atoms with Crippen molar-refractivity contribution in [3.05, 3.63) is 0 Å². The first kappa shape index (κ1) is 99.1. The lowest BCUT2D eigenvalue weighted by Crippen LogP contribution is -2.30. The number of carbonyl (C=O) groups excluding carboxylic acids is 4. The molecule has 0 heterocycles. The van der Waals surface area contributed by atoms with Gasteiger partial charge in [-0.1, -0.05) is 382 Å². The van der Waals surface area contributed by atoms with Crippen LogP contribution in [0.5, 0.6) is 0 Å². The SMILES string of the molecule is CCCCCCCCCCCCCCCCCCCCCCCCC(=O)O[C@H](COC(=O)CCCCCCCCCCCCCCCC(C)C)COP(=O)(O)OC[C@@H](O)COP(=O)(O)OC[C@@H](COC(=O)CCCCCCCCCCCC)OC(=O)CCCCCCCCCCCCC(C)C. The molecule has 0 amide bonds. The van der Waals surface area contributed by atoms with Crippen LogP contribution in [0.25, 0.3) is 0 Å². The van der Waals surface area contributed by atoms with E-state index in [1.807, 2.05) is 0 Å². The van der Waals surface area contributed by atoms with Crippen LogP contribution < -0.4 is 0 Å². The third-order valence-electron chi connectivity index (χ3n) is 19.2. The van der Waals surface area contributed by atoms with Crippen molar-refractivity contribution in [1.82, 2.24) is 0 Å². The fraction of sp³-hybridized carbons (Fsp3) is 0.951. The largest absolute Gasteiger partial charge is 0.472 e. The summed E-state index contributed by atoms with van der Waals surface area (Å²) in [6.45, 7) is 9.63. The molecule has 17 nitrogen and oxygen atoms in total. The van der Waals surface area contributed by atoms with E-state index in [-0.39, 0.29) is 25.7 Å². The number of carbonyl (C=O) groups is 4. The quantitative estimate of drug-likeness (QED) is 0.0222. The van der Waals surface area contributed by atoms with Crippen LogP contribution in [0.15, 0.2) is 0 Å². The van der Waals surface area contributed by atoms with Crippen LogP contribution >= 0.6 is 15.6 Å². The summed E-state index contributed by atoms with van der Waals surface area (Å²) >= 11 is 0. The zero-order chi connectivity index (χ0) is 74.2. The van der Waals surface area contributed by atoms with Crippen molar-refractivity contribution in [2.24, 2.45) is 11.8 Å². The topological polar surface area (TPSA) is 237 Å². The summed E-state index contributed by atoms with van der Waals surface area (Å²) in [4.78, 5) is 73.0. The molecule has 0 aliphatic carbocycles. The van der Waals surface area contributed by atoms with Gasteiger partial charge in [0.25, 0.3) is 0 Å². The maximum atomic E-state index is 13.1. The van der Waals surface area contributed by atoms with Gasteiger partial charge in [-0.3, -0.25) is 37.3 Å². The number of hydrogen-bond donors (Lipinski definition) is 3. The summed E-state index contributed by atoms with van der Waals surface area (Å²) in [6, 6.07) is 0. The van der Waals surface area contributed by atoms with E-state index in [4.69, 9.17) is 37.0 Å². The lowest BCUT2D eigenvalue weighted by molar-refractivity contribution is -0.161. The Hall–Kier alpha value is -1.94. The fourth-order valence-electron chi connectivity index (χ4n) is 12.7. The van der Waals surface area contributed by atoms with Crippen molar-refractivity contribution < 1.29 is 80.2 Å². The zero-order valence-electron chi connectivity index (χ0n) is 66.2. The van der Waals surface area contributed by atoms with Gasteiger partial charge < -0.3 is 33.8 Å². The lowest BCUT2D eigenvalue weighted by Gasteiger charge is -2.21. The minimum Gasteiger partial charge on any atom is -0.462 e. The van der Waals surface area contributed by atoms with E-state index in [9.17, 15) is 43.2 Å². The minimum absolute atomic E-state index is 0.106. The van der Waals surface area contributed by atoms with Crippen LogP contribution in [0.2, 0.25) is 0 Å². The van der Waals surface area contributed by atoms with Gasteiger partial charge in [-0.2, -0.15) is 0 Å². The van der Waals surface area contributed by atoms with E-state index in [1.165, 1.54) is 250 Å². The van der Waals surface area contributed by atoms with Crippen molar-refractivity contribution in [3.8, 4) is 0 Å². The van der Waals surface area contributed by atoms with Crippen molar-refractivity contribution in [3.63, 3.8) is 0 Å². The number of unbranched alkanes of at least 4 members (excludes halogenated alkanes) is 51. The van der Waals surface area contributed by atoms with E-state index >= 15 is 0 Å². The van der Waals surface area contributed by atoms with Crippen LogP contribution in [0, 0.1) is 11.8 Å². The van der Waals surface area contributed by atoms with E-state index < -0.39 is 97.5 Å². The van der Waals surface area contributed by atoms with Gasteiger partial charge in [0, 0.05) is 25.7 Å².